The number of carbonyl (C=O) groups is 2. The van der Waals surface area contributed by atoms with Crippen LogP contribution in [0.1, 0.15) is 24.0 Å². The van der Waals surface area contributed by atoms with Crippen molar-refractivity contribution < 1.29 is 36.6 Å². The van der Waals surface area contributed by atoms with Crippen LogP contribution in [0.5, 0.6) is 0 Å². The molecule has 1 aromatic carbocycles. The van der Waals surface area contributed by atoms with Crippen molar-refractivity contribution in [2.45, 2.75) is 24.3 Å². The third-order valence-electron chi connectivity index (χ3n) is 3.28. The minimum Gasteiger partial charge on any atom is -0.481 e. The first-order valence-corrected chi connectivity index (χ1v) is 8.09. The summed E-state index contributed by atoms with van der Waals surface area (Å²) in [5.41, 5.74) is -1.98. The Hall–Kier alpha value is -1.84. The summed E-state index contributed by atoms with van der Waals surface area (Å²) in [7, 11) is 1.41. The van der Waals surface area contributed by atoms with Gasteiger partial charge in [0.05, 0.1) is 16.6 Å². The number of aldehydes is 1. The Balaban J connectivity index is 2.89. The molecule has 0 aliphatic heterocycles. The van der Waals surface area contributed by atoms with Gasteiger partial charge in [-0.3, -0.25) is 4.79 Å². The molecule has 1 rings (SSSR count). The minimum atomic E-state index is -4.76. The molecule has 1 N–H and O–H groups in total. The third kappa shape index (κ3) is 6.89. The lowest BCUT2D eigenvalue weighted by Gasteiger charge is -2.23. The number of aliphatic carboxylic acids is 1. The van der Waals surface area contributed by atoms with Gasteiger partial charge in [-0.2, -0.15) is 13.2 Å². The van der Waals surface area contributed by atoms with E-state index in [1.54, 1.807) is 0 Å². The van der Waals surface area contributed by atoms with Crippen LogP contribution in [0.2, 0.25) is 0 Å². The zero-order chi connectivity index (χ0) is 19.2. The lowest BCUT2D eigenvalue weighted by molar-refractivity contribution is -0.137. The smallest absolute Gasteiger partial charge is 0.416 e. The number of thioether (sulfide) groups is 1. The Bertz CT molecular complexity index is 609. The second-order valence-corrected chi connectivity index (χ2v) is 6.43. The standard InChI is InChI=1S/C15H16F5NO3S/c1-21(3-2-12(7-22)25-8-13(23)24)11-5-9(14(16)17)4-10(6-11)15(18,19)20/h4-7,12,14H,2-3,8H2,1H3,(H,23,24). The number of benzene rings is 1. The maximum absolute atomic E-state index is 12.9. The topological polar surface area (TPSA) is 57.6 Å². The van der Waals surface area contributed by atoms with Crippen LogP contribution < -0.4 is 4.90 Å². The van der Waals surface area contributed by atoms with Crippen molar-refractivity contribution in [1.29, 1.82) is 0 Å². The van der Waals surface area contributed by atoms with E-state index in [2.05, 4.69) is 0 Å². The third-order valence-corrected chi connectivity index (χ3v) is 4.47. The molecule has 10 heteroatoms. The van der Waals surface area contributed by atoms with Crippen molar-refractivity contribution in [2.75, 3.05) is 24.2 Å². The Morgan fingerprint density at radius 3 is 2.44 bits per heavy atom. The molecule has 0 saturated carbocycles. The summed E-state index contributed by atoms with van der Waals surface area (Å²) in [6, 6.07) is 2.12. The molecule has 0 spiro atoms. The van der Waals surface area contributed by atoms with Crippen LogP contribution in [0, 0.1) is 0 Å². The number of carboxylic acids is 1. The highest BCUT2D eigenvalue weighted by Gasteiger charge is 2.32. The fourth-order valence-corrected chi connectivity index (χ4v) is 2.67. The quantitative estimate of drug-likeness (QED) is 0.517. The molecule has 4 nitrogen and oxygen atoms in total. The molecular weight excluding hydrogens is 369 g/mol. The fraction of sp³-hybridized carbons (Fsp3) is 0.467. The molecule has 0 bridgehead atoms. The molecule has 0 radical (unpaired) electrons. The number of carbonyl (C=O) groups excluding carboxylic acids is 1. The van der Waals surface area contributed by atoms with Crippen LogP contribution in [0.3, 0.4) is 0 Å². The van der Waals surface area contributed by atoms with E-state index in [0.29, 0.717) is 12.4 Å². The zero-order valence-electron chi connectivity index (χ0n) is 13.1. The van der Waals surface area contributed by atoms with Crippen LogP contribution in [0.25, 0.3) is 0 Å². The average molecular weight is 385 g/mol. The van der Waals surface area contributed by atoms with Crippen molar-refractivity contribution in [3.05, 3.63) is 29.3 Å². The highest BCUT2D eigenvalue weighted by atomic mass is 32.2. The number of hydrogen-bond donors (Lipinski definition) is 1. The molecule has 0 saturated heterocycles. The fourth-order valence-electron chi connectivity index (χ4n) is 1.96. The molecule has 0 aliphatic carbocycles. The maximum Gasteiger partial charge on any atom is 0.416 e. The first-order valence-electron chi connectivity index (χ1n) is 7.04. The van der Waals surface area contributed by atoms with Crippen LogP contribution in [-0.4, -0.2) is 42.0 Å². The van der Waals surface area contributed by atoms with E-state index in [1.807, 2.05) is 0 Å². The van der Waals surface area contributed by atoms with E-state index >= 15 is 0 Å². The van der Waals surface area contributed by atoms with Crippen LogP contribution >= 0.6 is 11.8 Å². The molecule has 0 aliphatic rings. The first kappa shape index (κ1) is 21.2. The molecule has 0 fully saturated rings. The second kappa shape index (κ2) is 9.02. The number of halogens is 5. The monoisotopic (exact) mass is 385 g/mol. The normalized spacial score (nSPS) is 12.9. The summed E-state index contributed by atoms with van der Waals surface area (Å²) in [6.45, 7) is 0.0972. The van der Waals surface area contributed by atoms with E-state index < -0.39 is 34.9 Å². The molecule has 1 aromatic rings. The van der Waals surface area contributed by atoms with Crippen molar-refractivity contribution in [1.82, 2.24) is 0 Å². The van der Waals surface area contributed by atoms with Gasteiger partial charge in [-0.05, 0) is 24.6 Å². The van der Waals surface area contributed by atoms with Crippen LogP contribution in [0.4, 0.5) is 27.6 Å². The van der Waals surface area contributed by atoms with E-state index in [0.717, 1.165) is 23.9 Å². The van der Waals surface area contributed by atoms with Crippen molar-refractivity contribution >= 4 is 29.7 Å². The Morgan fingerprint density at radius 1 is 1.32 bits per heavy atom. The van der Waals surface area contributed by atoms with Gasteiger partial charge in [0.2, 0.25) is 0 Å². The summed E-state index contributed by atoms with van der Waals surface area (Å²) in [5.74, 6) is -1.38. The highest BCUT2D eigenvalue weighted by molar-refractivity contribution is 8.01. The molecular formula is C15H16F5NO3S. The predicted molar refractivity (Wildman–Crippen MR) is 84.2 cm³/mol. The molecule has 25 heavy (non-hydrogen) atoms. The lowest BCUT2D eigenvalue weighted by Crippen LogP contribution is -2.23. The maximum atomic E-state index is 12.9. The summed E-state index contributed by atoms with van der Waals surface area (Å²) in [4.78, 5) is 22.7. The molecule has 140 valence electrons. The molecule has 1 unspecified atom stereocenters. The zero-order valence-corrected chi connectivity index (χ0v) is 13.9. The minimum absolute atomic E-state index is 0.0574. The first-order chi connectivity index (χ1) is 11.5. The Labute approximate surface area is 145 Å². The van der Waals surface area contributed by atoms with Crippen molar-refractivity contribution in [3.8, 4) is 0 Å². The van der Waals surface area contributed by atoms with Gasteiger partial charge in [-0.25, -0.2) is 8.78 Å². The highest BCUT2D eigenvalue weighted by Crippen LogP contribution is 2.35. The van der Waals surface area contributed by atoms with Crippen LogP contribution in [-0.2, 0) is 15.8 Å². The number of rotatable bonds is 9. The number of hydrogen-bond acceptors (Lipinski definition) is 4. The Kier molecular flexibility index (Phi) is 7.65. The van der Waals surface area contributed by atoms with E-state index in [1.165, 1.54) is 11.9 Å². The van der Waals surface area contributed by atoms with Gasteiger partial charge in [0, 0.05) is 24.8 Å². The number of carboxylic acid groups (broad SMARTS) is 1. The Morgan fingerprint density at radius 2 is 1.96 bits per heavy atom. The summed E-state index contributed by atoms with van der Waals surface area (Å²) in [5, 5.41) is 7.92. The van der Waals surface area contributed by atoms with Gasteiger partial charge in [0.25, 0.3) is 6.43 Å². The molecule has 1 atom stereocenters. The van der Waals surface area contributed by atoms with E-state index in [4.69, 9.17) is 5.11 Å². The van der Waals surface area contributed by atoms with Crippen LogP contribution in [0.15, 0.2) is 18.2 Å². The van der Waals surface area contributed by atoms with Crippen molar-refractivity contribution in [2.24, 2.45) is 0 Å². The largest absolute Gasteiger partial charge is 0.481 e. The van der Waals surface area contributed by atoms with E-state index in [-0.39, 0.29) is 24.4 Å². The summed E-state index contributed by atoms with van der Waals surface area (Å²) >= 11 is 0.888. The van der Waals surface area contributed by atoms with Gasteiger partial charge >= 0.3 is 12.1 Å². The molecule has 0 amide bonds. The van der Waals surface area contributed by atoms with Gasteiger partial charge < -0.3 is 14.8 Å². The SMILES string of the molecule is CN(CCC(C=O)SCC(=O)O)c1cc(C(F)F)cc(C(F)(F)F)c1. The lowest BCUT2D eigenvalue weighted by atomic mass is 10.1. The molecule has 0 heterocycles. The van der Waals surface area contributed by atoms with Crippen molar-refractivity contribution in [3.63, 3.8) is 0 Å². The summed E-state index contributed by atoms with van der Waals surface area (Å²) < 4.78 is 64.2. The number of alkyl halides is 5. The van der Waals surface area contributed by atoms with Gasteiger partial charge in [-0.1, -0.05) is 0 Å². The number of anilines is 1. The van der Waals surface area contributed by atoms with Gasteiger partial charge in [0.15, 0.2) is 0 Å². The van der Waals surface area contributed by atoms with Gasteiger partial charge in [-0.15, -0.1) is 11.8 Å². The average Bonchev–Trinajstić information content (AvgIpc) is 2.53. The second-order valence-electron chi connectivity index (χ2n) is 5.20. The van der Waals surface area contributed by atoms with Gasteiger partial charge in [0.1, 0.15) is 6.29 Å². The molecule has 0 aromatic heterocycles. The number of nitrogens with zero attached hydrogens (tertiary/aromatic N) is 1. The summed E-state index contributed by atoms with van der Waals surface area (Å²) in [6.07, 6.45) is -7.09. The van der Waals surface area contributed by atoms with E-state index in [9.17, 15) is 31.5 Å². The predicted octanol–water partition coefficient (Wildman–Crippen LogP) is 3.85.